The highest BCUT2D eigenvalue weighted by Gasteiger charge is 2.17. The lowest BCUT2D eigenvalue weighted by atomic mass is 10.5. The Kier molecular flexibility index (Phi) is 3.94. The zero-order valence-electron chi connectivity index (χ0n) is 8.48. The van der Waals surface area contributed by atoms with E-state index in [4.69, 9.17) is 4.74 Å². The summed E-state index contributed by atoms with van der Waals surface area (Å²) < 4.78 is 6.60. The average molecular weight is 215 g/mol. The summed E-state index contributed by atoms with van der Waals surface area (Å²) in [4.78, 5) is 11.4. The molecule has 0 aliphatic rings. The number of rotatable bonds is 4. The molecular weight excluding hydrogens is 202 g/mol. The number of ether oxygens (including phenoxy) is 1. The average Bonchev–Trinajstić information content (AvgIpc) is 2.60. The summed E-state index contributed by atoms with van der Waals surface area (Å²) in [5.74, 6) is -0.138. The van der Waals surface area contributed by atoms with Crippen molar-refractivity contribution < 1.29 is 9.53 Å². The Balaban J connectivity index is 2.96. The van der Waals surface area contributed by atoms with Crippen LogP contribution in [0, 0.1) is 0 Å². The van der Waals surface area contributed by atoms with Crippen LogP contribution in [0.5, 0.6) is 0 Å². The summed E-state index contributed by atoms with van der Waals surface area (Å²) in [6.45, 7) is 4.72. The van der Waals surface area contributed by atoms with Gasteiger partial charge in [-0.25, -0.2) is 4.79 Å². The predicted molar refractivity (Wildman–Crippen MR) is 53.4 cm³/mol. The molecule has 0 atom stereocenters. The van der Waals surface area contributed by atoms with Crippen molar-refractivity contribution in [1.29, 1.82) is 0 Å². The fourth-order valence-electron chi connectivity index (χ4n) is 1.07. The normalized spacial score (nSPS) is 10.2. The van der Waals surface area contributed by atoms with E-state index >= 15 is 0 Å². The third kappa shape index (κ3) is 2.06. The molecule has 0 saturated heterocycles. The Morgan fingerprint density at radius 3 is 2.71 bits per heavy atom. The van der Waals surface area contributed by atoms with Crippen molar-refractivity contribution in [1.82, 2.24) is 14.8 Å². The van der Waals surface area contributed by atoms with Gasteiger partial charge in [0.15, 0.2) is 5.16 Å². The standard InChI is InChI=1S/C8H13N3O2S/c1-4-11-6(7(12)13-5-2)9-10-8(11)14-3/h4-5H2,1-3H3. The second-order valence-electron chi connectivity index (χ2n) is 2.48. The predicted octanol–water partition coefficient (Wildman–Crippen LogP) is 1.20. The lowest BCUT2D eigenvalue weighted by Gasteiger charge is -2.04. The molecule has 78 valence electrons. The van der Waals surface area contributed by atoms with E-state index in [0.717, 1.165) is 5.16 Å². The first-order chi connectivity index (χ1) is 6.74. The van der Waals surface area contributed by atoms with E-state index in [2.05, 4.69) is 10.2 Å². The molecule has 5 nitrogen and oxygen atoms in total. The molecule has 14 heavy (non-hydrogen) atoms. The van der Waals surface area contributed by atoms with Gasteiger partial charge in [-0.3, -0.25) is 4.57 Å². The molecule has 6 heteroatoms. The monoisotopic (exact) mass is 215 g/mol. The van der Waals surface area contributed by atoms with Crippen LogP contribution in [0.15, 0.2) is 5.16 Å². The first-order valence-corrected chi connectivity index (χ1v) is 5.61. The van der Waals surface area contributed by atoms with Crippen LogP contribution >= 0.6 is 11.8 Å². The van der Waals surface area contributed by atoms with E-state index in [-0.39, 0.29) is 5.82 Å². The minimum atomic E-state index is -0.415. The zero-order valence-corrected chi connectivity index (χ0v) is 9.30. The molecule has 0 spiro atoms. The van der Waals surface area contributed by atoms with Crippen LogP contribution in [-0.2, 0) is 11.3 Å². The zero-order chi connectivity index (χ0) is 10.6. The van der Waals surface area contributed by atoms with Crippen molar-refractivity contribution in [3.63, 3.8) is 0 Å². The molecule has 0 unspecified atom stereocenters. The van der Waals surface area contributed by atoms with Crippen LogP contribution in [0.4, 0.5) is 0 Å². The third-order valence-electron chi connectivity index (χ3n) is 1.67. The van der Waals surface area contributed by atoms with E-state index in [1.54, 1.807) is 11.5 Å². The Hall–Kier alpha value is -1.04. The molecule has 0 fully saturated rings. The Bertz CT molecular complexity index is 324. The number of carbonyl (C=O) groups is 1. The van der Waals surface area contributed by atoms with E-state index in [0.29, 0.717) is 13.2 Å². The van der Waals surface area contributed by atoms with Crippen LogP contribution in [0.25, 0.3) is 0 Å². The highest BCUT2D eigenvalue weighted by atomic mass is 32.2. The second kappa shape index (κ2) is 4.99. The topological polar surface area (TPSA) is 57.0 Å². The summed E-state index contributed by atoms with van der Waals surface area (Å²) in [6.07, 6.45) is 1.89. The maximum absolute atomic E-state index is 11.4. The van der Waals surface area contributed by atoms with Crippen molar-refractivity contribution >= 4 is 17.7 Å². The fourth-order valence-corrected chi connectivity index (χ4v) is 1.63. The summed E-state index contributed by atoms with van der Waals surface area (Å²) >= 11 is 1.46. The van der Waals surface area contributed by atoms with Gasteiger partial charge in [0.05, 0.1) is 6.61 Å². The summed E-state index contributed by atoms with van der Waals surface area (Å²) in [5.41, 5.74) is 0. The van der Waals surface area contributed by atoms with Crippen LogP contribution in [-0.4, -0.2) is 33.6 Å². The van der Waals surface area contributed by atoms with Crippen molar-refractivity contribution in [3.05, 3.63) is 5.82 Å². The van der Waals surface area contributed by atoms with Gasteiger partial charge in [-0.1, -0.05) is 11.8 Å². The van der Waals surface area contributed by atoms with E-state index < -0.39 is 5.97 Å². The number of carbonyl (C=O) groups excluding carboxylic acids is 1. The summed E-state index contributed by atoms with van der Waals surface area (Å²) in [5, 5.41) is 8.41. The molecule has 1 aromatic heterocycles. The molecule has 0 amide bonds. The molecule has 0 bridgehead atoms. The molecule has 1 aromatic rings. The molecule has 1 rings (SSSR count). The molecule has 1 heterocycles. The molecule has 0 radical (unpaired) electrons. The lowest BCUT2D eigenvalue weighted by Crippen LogP contribution is -2.13. The molecular formula is C8H13N3O2S. The van der Waals surface area contributed by atoms with Gasteiger partial charge in [0.2, 0.25) is 5.82 Å². The third-order valence-corrected chi connectivity index (χ3v) is 2.34. The maximum Gasteiger partial charge on any atom is 0.376 e. The van der Waals surface area contributed by atoms with E-state index in [1.165, 1.54) is 11.8 Å². The smallest absolute Gasteiger partial charge is 0.376 e. The van der Waals surface area contributed by atoms with Gasteiger partial charge in [0, 0.05) is 6.54 Å². The van der Waals surface area contributed by atoms with E-state index in [9.17, 15) is 4.79 Å². The minimum absolute atomic E-state index is 0.277. The summed E-state index contributed by atoms with van der Waals surface area (Å²) in [7, 11) is 0. The number of nitrogens with zero attached hydrogens (tertiary/aromatic N) is 3. The van der Waals surface area contributed by atoms with Crippen LogP contribution in [0.1, 0.15) is 24.5 Å². The SMILES string of the molecule is CCOC(=O)c1nnc(SC)n1CC. The van der Waals surface area contributed by atoms with Gasteiger partial charge in [-0.2, -0.15) is 0 Å². The van der Waals surface area contributed by atoms with E-state index in [1.807, 2.05) is 13.2 Å². The molecule has 0 N–H and O–H groups in total. The van der Waals surface area contributed by atoms with Crippen LogP contribution < -0.4 is 0 Å². The van der Waals surface area contributed by atoms with Gasteiger partial charge < -0.3 is 4.74 Å². The number of hydrogen-bond donors (Lipinski definition) is 0. The number of hydrogen-bond acceptors (Lipinski definition) is 5. The van der Waals surface area contributed by atoms with Crippen molar-refractivity contribution in [3.8, 4) is 0 Å². The lowest BCUT2D eigenvalue weighted by molar-refractivity contribution is 0.0505. The first-order valence-electron chi connectivity index (χ1n) is 4.38. The fraction of sp³-hybridized carbons (Fsp3) is 0.625. The molecule has 0 aromatic carbocycles. The van der Waals surface area contributed by atoms with Gasteiger partial charge in [0.1, 0.15) is 0 Å². The Morgan fingerprint density at radius 2 is 2.21 bits per heavy atom. The van der Waals surface area contributed by atoms with Crippen molar-refractivity contribution in [2.45, 2.75) is 25.5 Å². The summed E-state index contributed by atoms with van der Waals surface area (Å²) in [6, 6.07) is 0. The van der Waals surface area contributed by atoms with Crippen LogP contribution in [0.3, 0.4) is 0 Å². The maximum atomic E-state index is 11.4. The quantitative estimate of drug-likeness (QED) is 0.558. The van der Waals surface area contributed by atoms with Crippen molar-refractivity contribution in [2.75, 3.05) is 12.9 Å². The molecule has 0 saturated carbocycles. The molecule has 0 aliphatic carbocycles. The Morgan fingerprint density at radius 1 is 1.50 bits per heavy atom. The number of thioether (sulfide) groups is 1. The largest absolute Gasteiger partial charge is 0.460 e. The van der Waals surface area contributed by atoms with Gasteiger partial charge in [-0.15, -0.1) is 10.2 Å². The Labute approximate surface area is 86.8 Å². The van der Waals surface area contributed by atoms with Gasteiger partial charge in [-0.05, 0) is 20.1 Å². The number of esters is 1. The first kappa shape index (κ1) is 11.0. The van der Waals surface area contributed by atoms with Gasteiger partial charge >= 0.3 is 5.97 Å². The van der Waals surface area contributed by atoms with Gasteiger partial charge in [0.25, 0.3) is 0 Å². The van der Waals surface area contributed by atoms with Crippen molar-refractivity contribution in [2.24, 2.45) is 0 Å². The second-order valence-corrected chi connectivity index (χ2v) is 3.25. The highest BCUT2D eigenvalue weighted by Crippen LogP contribution is 2.13. The number of aromatic nitrogens is 3. The minimum Gasteiger partial charge on any atom is -0.460 e. The highest BCUT2D eigenvalue weighted by molar-refractivity contribution is 7.98. The molecule has 0 aliphatic heterocycles. The van der Waals surface area contributed by atoms with Crippen LogP contribution in [0.2, 0.25) is 0 Å².